The Labute approximate surface area is 188 Å². The zero-order chi connectivity index (χ0) is 22.2. The molecule has 4 nitrogen and oxygen atoms in total. The van der Waals surface area contributed by atoms with Crippen LogP contribution in [0.3, 0.4) is 0 Å². The minimum Gasteiger partial charge on any atom is -0.481 e. The lowest BCUT2D eigenvalue weighted by Crippen LogP contribution is -2.57. The van der Waals surface area contributed by atoms with E-state index in [1.165, 1.54) is 38.5 Å². The summed E-state index contributed by atoms with van der Waals surface area (Å²) >= 11 is 0. The molecule has 4 aliphatic rings. The van der Waals surface area contributed by atoms with E-state index in [0.717, 1.165) is 63.2 Å². The Morgan fingerprint density at radius 3 is 2.52 bits per heavy atom. The second-order valence-corrected chi connectivity index (χ2v) is 12.1. The molecular weight excluding hydrogens is 388 g/mol. The van der Waals surface area contributed by atoms with Crippen LogP contribution >= 0.6 is 0 Å². The minimum absolute atomic E-state index is 0.0843. The Morgan fingerprint density at radius 2 is 1.74 bits per heavy atom. The van der Waals surface area contributed by atoms with Gasteiger partial charge in [0, 0.05) is 19.3 Å². The minimum atomic E-state index is -0.683. The summed E-state index contributed by atoms with van der Waals surface area (Å²) in [5, 5.41) is 19.8. The molecule has 4 aliphatic carbocycles. The van der Waals surface area contributed by atoms with Crippen molar-refractivity contribution in [2.75, 3.05) is 0 Å². The van der Waals surface area contributed by atoms with Crippen LogP contribution in [0.25, 0.3) is 0 Å². The van der Waals surface area contributed by atoms with Gasteiger partial charge in [0.25, 0.3) is 0 Å². The highest BCUT2D eigenvalue weighted by atomic mass is 16.4. The van der Waals surface area contributed by atoms with Gasteiger partial charge in [-0.15, -0.1) is 0 Å². The maximum Gasteiger partial charge on any atom is 0.303 e. The van der Waals surface area contributed by atoms with E-state index in [1.807, 2.05) is 0 Å². The molecule has 0 amide bonds. The molecule has 8 atom stereocenters. The predicted molar refractivity (Wildman–Crippen MR) is 122 cm³/mol. The van der Waals surface area contributed by atoms with Crippen molar-refractivity contribution >= 4 is 11.8 Å². The summed E-state index contributed by atoms with van der Waals surface area (Å²) in [5.74, 6) is 3.15. The molecule has 0 heterocycles. The summed E-state index contributed by atoms with van der Waals surface area (Å²) in [5.41, 5.74) is 0.388. The first kappa shape index (κ1) is 23.3. The maximum atomic E-state index is 12.2. The van der Waals surface area contributed by atoms with Crippen LogP contribution in [-0.4, -0.2) is 28.1 Å². The lowest BCUT2D eigenvalue weighted by molar-refractivity contribution is -0.159. The summed E-state index contributed by atoms with van der Waals surface area (Å²) in [6, 6.07) is 0. The number of ketones is 1. The summed E-state index contributed by atoms with van der Waals surface area (Å²) in [6.07, 6.45) is 15.2. The van der Waals surface area contributed by atoms with E-state index in [0.29, 0.717) is 35.4 Å². The van der Waals surface area contributed by atoms with Gasteiger partial charge in [0.05, 0.1) is 6.10 Å². The number of aliphatic hydroxyl groups is 1. The predicted octanol–water partition coefficient (Wildman–Crippen LogP) is 6.00. The number of fused-ring (bicyclic) bond motifs is 5. The Morgan fingerprint density at radius 1 is 1.00 bits per heavy atom. The van der Waals surface area contributed by atoms with E-state index in [1.54, 1.807) is 0 Å². The summed E-state index contributed by atoms with van der Waals surface area (Å²) in [7, 11) is 0. The molecule has 0 bridgehead atoms. The molecule has 0 unspecified atom stereocenters. The third-order valence-corrected chi connectivity index (χ3v) is 10.5. The number of Topliss-reactive ketones (excluding diaryl/α,β-unsaturated/α-hetero) is 1. The van der Waals surface area contributed by atoms with Crippen LogP contribution in [0.1, 0.15) is 110 Å². The third-order valence-electron chi connectivity index (χ3n) is 10.5. The fraction of sp³-hybridized carbons (Fsp3) is 0.926. The lowest BCUT2D eigenvalue weighted by Gasteiger charge is -2.62. The van der Waals surface area contributed by atoms with Crippen molar-refractivity contribution in [2.45, 2.75) is 116 Å². The summed E-state index contributed by atoms with van der Waals surface area (Å²) in [4.78, 5) is 22.9. The molecule has 0 aromatic carbocycles. The quantitative estimate of drug-likeness (QED) is 0.461. The van der Waals surface area contributed by atoms with E-state index in [9.17, 15) is 14.7 Å². The molecule has 0 radical (unpaired) electrons. The maximum absolute atomic E-state index is 12.2. The monoisotopic (exact) mass is 432 g/mol. The largest absolute Gasteiger partial charge is 0.481 e. The number of hydrogen-bond acceptors (Lipinski definition) is 3. The molecular formula is C27H44O4. The molecule has 0 aliphatic heterocycles. The highest BCUT2D eigenvalue weighted by molar-refractivity contribution is 5.79. The number of aliphatic carboxylic acids is 1. The van der Waals surface area contributed by atoms with Crippen LogP contribution < -0.4 is 0 Å². The van der Waals surface area contributed by atoms with E-state index in [2.05, 4.69) is 13.8 Å². The zero-order valence-electron chi connectivity index (χ0n) is 19.8. The van der Waals surface area contributed by atoms with Crippen LogP contribution in [0, 0.1) is 40.4 Å². The van der Waals surface area contributed by atoms with Crippen molar-refractivity contribution in [1.29, 1.82) is 0 Å². The second-order valence-electron chi connectivity index (χ2n) is 12.1. The van der Waals surface area contributed by atoms with Crippen molar-refractivity contribution in [1.82, 2.24) is 0 Å². The highest BCUT2D eigenvalue weighted by Gasteiger charge is 2.62. The number of carbonyl (C=O) groups excluding carboxylic acids is 1. The number of carboxylic acids is 1. The first-order chi connectivity index (χ1) is 14.8. The van der Waals surface area contributed by atoms with E-state index in [-0.39, 0.29) is 11.5 Å². The van der Waals surface area contributed by atoms with Crippen LogP contribution in [0.5, 0.6) is 0 Å². The molecule has 4 saturated carbocycles. The molecule has 0 saturated heterocycles. The summed E-state index contributed by atoms with van der Waals surface area (Å²) in [6.45, 7) is 4.90. The molecule has 176 valence electrons. The molecule has 0 aromatic rings. The van der Waals surface area contributed by atoms with Gasteiger partial charge in [-0.05, 0) is 85.4 Å². The average molecular weight is 433 g/mol. The number of hydrogen-bond donors (Lipinski definition) is 2. The Balaban J connectivity index is 1.45. The molecule has 4 rings (SSSR count). The van der Waals surface area contributed by atoms with Gasteiger partial charge in [-0.3, -0.25) is 9.59 Å². The lowest BCUT2D eigenvalue weighted by atomic mass is 9.42. The highest BCUT2D eigenvalue weighted by Crippen LogP contribution is 2.68. The average Bonchev–Trinajstić information content (AvgIpc) is 3.01. The van der Waals surface area contributed by atoms with E-state index < -0.39 is 5.97 Å². The summed E-state index contributed by atoms with van der Waals surface area (Å²) < 4.78 is 0. The van der Waals surface area contributed by atoms with Gasteiger partial charge in [0.15, 0.2) is 0 Å². The van der Waals surface area contributed by atoms with Gasteiger partial charge in [-0.1, -0.05) is 46.0 Å². The van der Waals surface area contributed by atoms with Crippen LogP contribution in [0.4, 0.5) is 0 Å². The first-order valence-electron chi connectivity index (χ1n) is 13.2. The molecule has 4 fully saturated rings. The normalized spacial score (nSPS) is 44.4. The molecule has 31 heavy (non-hydrogen) atoms. The van der Waals surface area contributed by atoms with Crippen molar-refractivity contribution in [3.8, 4) is 0 Å². The van der Waals surface area contributed by atoms with Crippen molar-refractivity contribution in [3.63, 3.8) is 0 Å². The Kier molecular flexibility index (Phi) is 6.87. The number of carbonyl (C=O) groups is 2. The van der Waals surface area contributed by atoms with Gasteiger partial charge in [-0.2, -0.15) is 0 Å². The SMILES string of the molecule is C[C@]12CCC(=O)C[C@@H]1CC[C@@H]1[C@@H]2[C@@H](CCCCCCCC(=O)O)C[C@]2(C)[C@@H](O)CC[C@@H]12. The van der Waals surface area contributed by atoms with E-state index in [4.69, 9.17) is 5.11 Å². The van der Waals surface area contributed by atoms with Crippen LogP contribution in [0.15, 0.2) is 0 Å². The Bertz CT molecular complexity index is 674. The second kappa shape index (κ2) is 9.15. The third kappa shape index (κ3) is 4.35. The van der Waals surface area contributed by atoms with Gasteiger partial charge in [-0.25, -0.2) is 0 Å². The molecule has 0 spiro atoms. The van der Waals surface area contributed by atoms with Crippen molar-refractivity contribution in [2.24, 2.45) is 40.4 Å². The number of carboxylic acid groups (broad SMARTS) is 1. The topological polar surface area (TPSA) is 74.6 Å². The number of unbranched alkanes of at least 4 members (excludes halogenated alkanes) is 4. The van der Waals surface area contributed by atoms with Crippen molar-refractivity contribution in [3.05, 3.63) is 0 Å². The zero-order valence-corrected chi connectivity index (χ0v) is 19.8. The fourth-order valence-electron chi connectivity index (χ4n) is 8.92. The van der Waals surface area contributed by atoms with Crippen LogP contribution in [0.2, 0.25) is 0 Å². The van der Waals surface area contributed by atoms with Crippen LogP contribution in [-0.2, 0) is 9.59 Å². The number of aliphatic hydroxyl groups excluding tert-OH is 1. The van der Waals surface area contributed by atoms with E-state index >= 15 is 0 Å². The van der Waals surface area contributed by atoms with Gasteiger partial charge < -0.3 is 10.2 Å². The van der Waals surface area contributed by atoms with Gasteiger partial charge >= 0.3 is 5.97 Å². The smallest absolute Gasteiger partial charge is 0.303 e. The molecule has 0 aromatic heterocycles. The van der Waals surface area contributed by atoms with Gasteiger partial charge in [0.1, 0.15) is 5.78 Å². The Hall–Kier alpha value is -0.900. The standard InChI is InChI=1S/C27H44O4/c1-26-15-14-20(28)16-19(26)10-11-21-22-12-13-23(29)27(22,2)17-18(25(21)26)8-6-4-3-5-7-9-24(30)31/h18-19,21-23,25,29H,3-17H2,1-2H3,(H,30,31)/t18-,19-,21-,22-,23-,25-,26-,27-/m0/s1. The molecule has 4 heteroatoms. The van der Waals surface area contributed by atoms with Gasteiger partial charge in [0.2, 0.25) is 0 Å². The molecule has 2 N–H and O–H groups in total. The van der Waals surface area contributed by atoms with Crippen molar-refractivity contribution < 1.29 is 19.8 Å². The fourth-order valence-corrected chi connectivity index (χ4v) is 8.92. The number of rotatable bonds is 8. The first-order valence-corrected chi connectivity index (χ1v) is 13.2.